The number of carbonyl (C=O) groups is 1. The van der Waals surface area contributed by atoms with E-state index in [0.29, 0.717) is 19.8 Å². The summed E-state index contributed by atoms with van der Waals surface area (Å²) in [5, 5.41) is 33.7. The number of hydrogen-bond donors (Lipinski definition) is 4. The number of ether oxygens (including phenoxy) is 3. The Hall–Kier alpha value is -1.03. The van der Waals surface area contributed by atoms with Crippen LogP contribution in [0.3, 0.4) is 0 Å². The smallest absolute Gasteiger partial charge is 0.327 e. The van der Waals surface area contributed by atoms with Crippen molar-refractivity contribution in [3.63, 3.8) is 0 Å². The van der Waals surface area contributed by atoms with Crippen LogP contribution in [-0.2, 0) is 19.0 Å². The summed E-state index contributed by atoms with van der Waals surface area (Å²) in [6.45, 7) is 7.00. The van der Waals surface area contributed by atoms with Crippen molar-refractivity contribution < 1.29 is 39.4 Å². The van der Waals surface area contributed by atoms with Crippen LogP contribution < -0.4 is 0 Å². The van der Waals surface area contributed by atoms with Crippen molar-refractivity contribution in [2.45, 2.75) is 13.3 Å². The molecule has 138 valence electrons. The second-order valence-electron chi connectivity index (χ2n) is 4.72. The Labute approximate surface area is 137 Å². The number of carboxylic acids is 1. The Bertz CT molecular complexity index is 256. The van der Waals surface area contributed by atoms with Gasteiger partial charge < -0.3 is 34.6 Å². The van der Waals surface area contributed by atoms with Gasteiger partial charge in [0.1, 0.15) is 0 Å². The zero-order chi connectivity index (χ0) is 18.0. The molecule has 0 saturated carbocycles. The number of aliphatic hydroxyl groups is 3. The topological polar surface area (TPSA) is 126 Å². The van der Waals surface area contributed by atoms with Gasteiger partial charge in [-0.3, -0.25) is 0 Å². The molecule has 0 aromatic carbocycles. The van der Waals surface area contributed by atoms with Crippen molar-refractivity contribution in [2.75, 3.05) is 59.5 Å². The number of aliphatic hydroxyl groups excluding tert-OH is 3. The van der Waals surface area contributed by atoms with Gasteiger partial charge in [0.15, 0.2) is 0 Å². The molecule has 0 fully saturated rings. The molecule has 0 amide bonds. The molecule has 0 aliphatic carbocycles. The Kier molecular flexibility index (Phi) is 18.2. The van der Waals surface area contributed by atoms with Crippen LogP contribution in [0.1, 0.15) is 13.3 Å². The first-order valence-electron chi connectivity index (χ1n) is 7.43. The average Bonchev–Trinajstić information content (AvgIpc) is 2.55. The van der Waals surface area contributed by atoms with Crippen LogP contribution in [0.2, 0.25) is 0 Å². The van der Waals surface area contributed by atoms with Gasteiger partial charge in [0, 0.05) is 11.5 Å². The Morgan fingerprint density at radius 2 is 1.26 bits per heavy atom. The lowest BCUT2D eigenvalue weighted by Gasteiger charge is -2.32. The minimum Gasteiger partial charge on any atom is -0.478 e. The Balaban J connectivity index is 0. The molecular weight excluding hydrogens is 308 g/mol. The number of rotatable bonds is 14. The SMILES string of the molecule is C=CC(=O)O.CCC(COCCO)(COCCO)COCCO. The van der Waals surface area contributed by atoms with Crippen LogP contribution in [0.4, 0.5) is 0 Å². The molecule has 0 atom stereocenters. The lowest BCUT2D eigenvalue weighted by atomic mass is 9.88. The largest absolute Gasteiger partial charge is 0.478 e. The quantitative estimate of drug-likeness (QED) is 0.250. The predicted molar refractivity (Wildman–Crippen MR) is 84.3 cm³/mol. The van der Waals surface area contributed by atoms with E-state index in [-0.39, 0.29) is 45.1 Å². The van der Waals surface area contributed by atoms with Gasteiger partial charge in [-0.2, -0.15) is 0 Å². The van der Waals surface area contributed by atoms with Gasteiger partial charge in [-0.15, -0.1) is 0 Å². The molecule has 0 aliphatic heterocycles. The highest BCUT2D eigenvalue weighted by atomic mass is 16.5. The summed E-state index contributed by atoms with van der Waals surface area (Å²) in [6, 6.07) is 0. The van der Waals surface area contributed by atoms with E-state index in [9.17, 15) is 4.79 Å². The molecule has 8 heteroatoms. The second-order valence-corrected chi connectivity index (χ2v) is 4.72. The predicted octanol–water partition coefficient (Wildman–Crippen LogP) is -0.333. The van der Waals surface area contributed by atoms with E-state index in [2.05, 4.69) is 6.58 Å². The molecule has 8 nitrogen and oxygen atoms in total. The highest BCUT2D eigenvalue weighted by Gasteiger charge is 2.29. The Morgan fingerprint density at radius 1 is 0.957 bits per heavy atom. The molecule has 0 heterocycles. The fourth-order valence-corrected chi connectivity index (χ4v) is 1.49. The molecule has 23 heavy (non-hydrogen) atoms. The highest BCUT2D eigenvalue weighted by Crippen LogP contribution is 2.23. The van der Waals surface area contributed by atoms with Gasteiger partial charge in [0.25, 0.3) is 0 Å². The van der Waals surface area contributed by atoms with Gasteiger partial charge in [0.05, 0.1) is 59.5 Å². The molecule has 0 rings (SSSR count). The lowest BCUT2D eigenvalue weighted by Crippen LogP contribution is -2.37. The third-order valence-corrected chi connectivity index (χ3v) is 2.86. The molecule has 0 radical (unpaired) electrons. The van der Waals surface area contributed by atoms with Crippen LogP contribution >= 0.6 is 0 Å². The molecule has 0 aliphatic rings. The van der Waals surface area contributed by atoms with Crippen LogP contribution in [-0.4, -0.2) is 85.9 Å². The normalized spacial score (nSPS) is 10.8. The van der Waals surface area contributed by atoms with E-state index in [1.165, 1.54) is 0 Å². The summed E-state index contributed by atoms with van der Waals surface area (Å²) in [7, 11) is 0. The van der Waals surface area contributed by atoms with Crippen molar-refractivity contribution in [3.8, 4) is 0 Å². The molecular formula is C15H30O8. The summed E-state index contributed by atoms with van der Waals surface area (Å²) in [5.41, 5.74) is -0.306. The monoisotopic (exact) mass is 338 g/mol. The maximum absolute atomic E-state index is 9.25. The number of carboxylic acid groups (broad SMARTS) is 1. The van der Waals surface area contributed by atoms with Gasteiger partial charge >= 0.3 is 5.97 Å². The van der Waals surface area contributed by atoms with Crippen LogP contribution in [0, 0.1) is 5.41 Å². The van der Waals surface area contributed by atoms with Crippen molar-refractivity contribution >= 4 is 5.97 Å². The fraction of sp³-hybridized carbons (Fsp3) is 0.800. The van der Waals surface area contributed by atoms with Crippen molar-refractivity contribution in [1.29, 1.82) is 0 Å². The van der Waals surface area contributed by atoms with E-state index in [4.69, 9.17) is 34.6 Å². The van der Waals surface area contributed by atoms with E-state index in [1.807, 2.05) is 6.92 Å². The van der Waals surface area contributed by atoms with Crippen molar-refractivity contribution in [3.05, 3.63) is 12.7 Å². The first-order chi connectivity index (χ1) is 11.0. The molecule has 0 aromatic heterocycles. The highest BCUT2D eigenvalue weighted by molar-refractivity contribution is 5.78. The van der Waals surface area contributed by atoms with Gasteiger partial charge in [-0.05, 0) is 6.42 Å². The molecule has 0 saturated heterocycles. The van der Waals surface area contributed by atoms with E-state index in [1.54, 1.807) is 0 Å². The Morgan fingerprint density at radius 3 is 1.43 bits per heavy atom. The van der Waals surface area contributed by atoms with Gasteiger partial charge in [0.2, 0.25) is 0 Å². The molecule has 0 bridgehead atoms. The molecule has 0 unspecified atom stereocenters. The second kappa shape index (κ2) is 17.3. The van der Waals surface area contributed by atoms with Gasteiger partial charge in [-0.1, -0.05) is 13.5 Å². The maximum atomic E-state index is 9.25. The molecule has 0 spiro atoms. The van der Waals surface area contributed by atoms with Crippen LogP contribution in [0.15, 0.2) is 12.7 Å². The maximum Gasteiger partial charge on any atom is 0.327 e. The van der Waals surface area contributed by atoms with E-state index in [0.717, 1.165) is 12.5 Å². The lowest BCUT2D eigenvalue weighted by molar-refractivity contribution is -0.131. The van der Waals surface area contributed by atoms with Crippen LogP contribution in [0.25, 0.3) is 0 Å². The number of hydrogen-bond acceptors (Lipinski definition) is 7. The third-order valence-electron chi connectivity index (χ3n) is 2.86. The summed E-state index contributed by atoms with van der Waals surface area (Å²) >= 11 is 0. The minimum atomic E-state index is -0.981. The van der Waals surface area contributed by atoms with Crippen molar-refractivity contribution in [1.82, 2.24) is 0 Å². The number of aliphatic carboxylic acids is 1. The summed E-state index contributed by atoms with van der Waals surface area (Å²) in [4.78, 5) is 9.25. The molecule has 4 N–H and O–H groups in total. The zero-order valence-electron chi connectivity index (χ0n) is 13.8. The fourth-order valence-electron chi connectivity index (χ4n) is 1.49. The van der Waals surface area contributed by atoms with E-state index < -0.39 is 5.97 Å². The summed E-state index contributed by atoms with van der Waals surface area (Å²) < 4.78 is 16.1. The van der Waals surface area contributed by atoms with Gasteiger partial charge in [-0.25, -0.2) is 4.79 Å². The van der Waals surface area contributed by atoms with Crippen molar-refractivity contribution in [2.24, 2.45) is 5.41 Å². The zero-order valence-corrected chi connectivity index (χ0v) is 13.8. The summed E-state index contributed by atoms with van der Waals surface area (Å²) in [5.74, 6) is -0.981. The average molecular weight is 338 g/mol. The minimum absolute atomic E-state index is 0.0191. The standard InChI is InChI=1S/C12H26O6.C3H4O2/c1-2-12(9-16-6-3-13,10-17-7-4-14)11-18-8-5-15;1-2-3(4)5/h13-15H,2-11H2,1H3;2H,1H2,(H,4,5). The first kappa shape index (κ1) is 24.2. The third kappa shape index (κ3) is 15.6. The van der Waals surface area contributed by atoms with Crippen LogP contribution in [0.5, 0.6) is 0 Å². The van der Waals surface area contributed by atoms with E-state index >= 15 is 0 Å². The molecule has 0 aromatic rings. The first-order valence-corrected chi connectivity index (χ1v) is 7.43. The summed E-state index contributed by atoms with van der Waals surface area (Å²) in [6.07, 6.45) is 1.62.